The molecule has 2 saturated heterocycles. The molecule has 36 nitrogen and oxygen atoms in total. The van der Waals surface area contributed by atoms with E-state index < -0.39 is 243 Å². The van der Waals surface area contributed by atoms with Crippen molar-refractivity contribution >= 4 is 99.8 Å². The van der Waals surface area contributed by atoms with E-state index in [9.17, 15) is 65.1 Å². The van der Waals surface area contributed by atoms with Crippen LogP contribution in [0.3, 0.4) is 0 Å². The fraction of sp³-hybridized carbons (Fsp3) is 0.393. The van der Waals surface area contributed by atoms with E-state index in [2.05, 4.69) is 43.8 Å². The molecule has 19 atom stereocenters. The van der Waals surface area contributed by atoms with Gasteiger partial charge in [-0.25, -0.2) is 9.59 Å². The molecule has 8 aliphatic rings. The predicted molar refractivity (Wildman–Crippen MR) is 442 cm³/mol. The minimum absolute atomic E-state index is 0.0813. The number of carbonyl (C=O) groups is 9. The number of amides is 8. The van der Waals surface area contributed by atoms with E-state index in [-0.39, 0.29) is 72.6 Å². The Kier molecular flexibility index (Phi) is 29.0. The number of phenols is 3. The Morgan fingerprint density at radius 3 is 2.09 bits per heavy atom. The number of carboxylic acid groups (broad SMARTS) is 1. The first kappa shape index (κ1) is 92.1. The molecule has 0 spiro atoms. The van der Waals surface area contributed by atoms with Gasteiger partial charge >= 0.3 is 12.1 Å². The van der Waals surface area contributed by atoms with Crippen LogP contribution in [0.15, 0.2) is 139 Å². The van der Waals surface area contributed by atoms with Crippen molar-refractivity contribution in [2.24, 2.45) is 23.3 Å². The predicted octanol–water partition coefficient (Wildman–Crippen LogP) is 5.11. The number of primary amides is 1. The minimum Gasteiger partial charge on any atom is -0.508 e. The van der Waals surface area contributed by atoms with Crippen LogP contribution in [0.25, 0.3) is 11.1 Å². The second-order valence-corrected chi connectivity index (χ2v) is 32.8. The molecule has 11 bridgehead atoms. The van der Waals surface area contributed by atoms with E-state index in [4.69, 9.17) is 95.8 Å². The number of hydrogen-bond donors (Lipinski definition) is 18. The van der Waals surface area contributed by atoms with Gasteiger partial charge in [-0.3, -0.25) is 38.5 Å². The van der Waals surface area contributed by atoms with Crippen LogP contribution < -0.4 is 67.6 Å². The number of ether oxygens (including phenoxy) is 8. The molecule has 0 aromatic heterocycles. The highest BCUT2D eigenvalue weighted by molar-refractivity contribution is 6.42. The third-order valence-electron chi connectivity index (χ3n) is 21.8. The van der Waals surface area contributed by atoms with Crippen molar-refractivity contribution in [1.82, 2.24) is 42.1 Å². The van der Waals surface area contributed by atoms with Gasteiger partial charge in [0.25, 0.3) is 0 Å². The maximum absolute atomic E-state index is 16.3. The number of aliphatic hydroxyl groups excluding tert-OH is 5. The van der Waals surface area contributed by atoms with E-state index in [1.54, 1.807) is 70.2 Å². The van der Waals surface area contributed by atoms with Gasteiger partial charge in [0.1, 0.15) is 108 Å². The summed E-state index contributed by atoms with van der Waals surface area (Å²) in [6, 6.07) is 7.43. The maximum Gasteiger partial charge on any atom is 0.410 e. The third-order valence-corrected chi connectivity index (χ3v) is 23.2. The number of likely N-dealkylation sites (N-methyl/N-ethyl adjacent to an activating group) is 1. The molecule has 40 heteroatoms. The van der Waals surface area contributed by atoms with E-state index in [0.717, 1.165) is 64.6 Å². The highest BCUT2D eigenvalue weighted by Crippen LogP contribution is 2.50. The molecule has 6 aromatic carbocycles. The van der Waals surface area contributed by atoms with Crippen molar-refractivity contribution in [1.29, 1.82) is 0 Å². The largest absolute Gasteiger partial charge is 0.508 e. The lowest BCUT2D eigenvalue weighted by Gasteiger charge is -2.48. The van der Waals surface area contributed by atoms with Crippen molar-refractivity contribution in [3.8, 4) is 57.1 Å². The number of nitrogens with zero attached hydrogens (tertiary/aromatic N) is 1. The van der Waals surface area contributed by atoms with E-state index in [1.807, 2.05) is 0 Å². The SMILES string of the molecule is C=CCOC(=O)N(C)[C@H](CC(C)C)C(=O)N[C@H]1C(=O)N[C@@H](CC(N)=O)C(=O)N[C@H]2C(=O)N[C@H]3C(=O)N[C@H](C(=O)N[C@@H](C(=O)O)c4cc(O)cc(O)c4-c4cc3ccc4O)[C@H](O)[C@@H]3C=C(Cl)C(=CC3)Oc3cc2cc(c3OC2OC(CN)C(O)C(O)C2OC2CC(C)(NCc3ccc(OCc4ccc(Cl)c(Cl)c4)cc3)C(O)C(C)O2)Oc2ccc(cc2Cl)[C@H]1O. The lowest BCUT2D eigenvalue weighted by molar-refractivity contribution is -0.331. The molecule has 0 radical (unpaired) electrons. The van der Waals surface area contributed by atoms with Crippen LogP contribution in [0.2, 0.25) is 15.1 Å². The number of rotatable bonds is 21. The van der Waals surface area contributed by atoms with Gasteiger partial charge in [-0.15, -0.1) is 0 Å². The fourth-order valence-corrected chi connectivity index (χ4v) is 16.0. The molecule has 1 aliphatic carbocycles. The van der Waals surface area contributed by atoms with E-state index in [0.29, 0.717) is 15.8 Å². The highest BCUT2D eigenvalue weighted by Gasteiger charge is 2.53. The van der Waals surface area contributed by atoms with Crippen LogP contribution >= 0.6 is 46.4 Å². The first-order valence-corrected chi connectivity index (χ1v) is 40.6. The van der Waals surface area contributed by atoms with Crippen molar-refractivity contribution in [2.45, 2.75) is 176 Å². The second kappa shape index (κ2) is 39.0. The monoisotopic (exact) mass is 1800 g/mol. The van der Waals surface area contributed by atoms with Gasteiger partial charge in [0.2, 0.25) is 53.4 Å². The van der Waals surface area contributed by atoms with Crippen molar-refractivity contribution in [2.75, 3.05) is 20.2 Å². The van der Waals surface area contributed by atoms with Crippen molar-refractivity contribution in [3.63, 3.8) is 0 Å². The van der Waals surface area contributed by atoms with Gasteiger partial charge in [0, 0.05) is 60.8 Å². The zero-order chi connectivity index (χ0) is 89.8. The van der Waals surface area contributed by atoms with Crippen LogP contribution in [-0.2, 0) is 70.5 Å². The maximum atomic E-state index is 16.3. The topological polar surface area (TPSA) is 549 Å². The zero-order valence-electron chi connectivity index (χ0n) is 67.0. The molecule has 20 N–H and O–H groups in total. The lowest BCUT2D eigenvalue weighted by atomic mass is 9.84. The number of phenolic OH excluding ortho intramolecular Hbond substituents is 3. The van der Waals surface area contributed by atoms with Gasteiger partial charge in [-0.05, 0) is 133 Å². The summed E-state index contributed by atoms with van der Waals surface area (Å²) in [6.45, 7) is 9.81. The first-order valence-electron chi connectivity index (χ1n) is 39.1. The number of benzene rings is 6. The summed E-state index contributed by atoms with van der Waals surface area (Å²) >= 11 is 26.8. The number of carbonyl (C=O) groups excluding carboxylic acids is 8. The quantitative estimate of drug-likeness (QED) is 0.0416. The molecule has 0 saturated carbocycles. The normalized spacial score (nSPS) is 27.3. The Hall–Kier alpha value is -11.1. The van der Waals surface area contributed by atoms with E-state index in [1.165, 1.54) is 37.4 Å². The van der Waals surface area contributed by atoms with Crippen molar-refractivity contribution < 1.29 is 127 Å². The molecule has 14 rings (SSSR count). The number of carboxylic acids is 1. The molecular formula is C84H92Cl4N10O26. The summed E-state index contributed by atoms with van der Waals surface area (Å²) in [7, 11) is 1.24. The summed E-state index contributed by atoms with van der Waals surface area (Å²) in [6.07, 6.45) is -16.3. The number of nitrogens with two attached hydrogens (primary N) is 2. The van der Waals surface area contributed by atoms with Gasteiger partial charge in [0.05, 0.1) is 44.8 Å². The van der Waals surface area contributed by atoms with Gasteiger partial charge in [-0.1, -0.05) is 109 Å². The third kappa shape index (κ3) is 20.6. The van der Waals surface area contributed by atoms with Gasteiger partial charge in [-0.2, -0.15) is 0 Å². The van der Waals surface area contributed by atoms with Crippen LogP contribution in [0.4, 0.5) is 4.79 Å². The molecule has 9 unspecified atom stereocenters. The average Bonchev–Trinajstić information content (AvgIpc) is 0.761. The number of aliphatic hydroxyl groups is 5. The number of fused-ring (bicyclic) bond motifs is 14. The second-order valence-electron chi connectivity index (χ2n) is 31.2. The molecule has 7 aliphatic heterocycles. The highest BCUT2D eigenvalue weighted by atomic mass is 35.5. The van der Waals surface area contributed by atoms with Crippen LogP contribution in [0.5, 0.6) is 46.0 Å². The Bertz CT molecular complexity index is 5180. The Morgan fingerprint density at radius 2 is 1.42 bits per heavy atom. The lowest BCUT2D eigenvalue weighted by Crippen LogP contribution is -2.65. The van der Waals surface area contributed by atoms with Crippen molar-refractivity contribution in [3.05, 3.63) is 187 Å². The summed E-state index contributed by atoms with van der Waals surface area (Å²) in [5.41, 5.74) is 9.66. The summed E-state index contributed by atoms with van der Waals surface area (Å²) < 4.78 is 51.1. The summed E-state index contributed by atoms with van der Waals surface area (Å²) in [5, 5.41) is 124. The van der Waals surface area contributed by atoms with Gasteiger partial charge in [0.15, 0.2) is 29.9 Å². The smallest absolute Gasteiger partial charge is 0.410 e. The average molecular weight is 1800 g/mol. The Morgan fingerprint density at radius 1 is 0.734 bits per heavy atom. The number of aromatic hydroxyl groups is 3. The first-order chi connectivity index (χ1) is 58.8. The summed E-state index contributed by atoms with van der Waals surface area (Å²) in [5.74, 6) is -17.5. The van der Waals surface area contributed by atoms with Gasteiger partial charge < -0.3 is 133 Å². The molecule has 7 heterocycles. The molecule has 662 valence electrons. The molecular weight excluding hydrogens is 1710 g/mol. The molecule has 124 heavy (non-hydrogen) atoms. The molecule has 2 fully saturated rings. The van der Waals surface area contributed by atoms with Crippen LogP contribution in [0, 0.1) is 11.8 Å². The van der Waals surface area contributed by atoms with Crippen LogP contribution in [0.1, 0.15) is 111 Å². The van der Waals surface area contributed by atoms with Crippen LogP contribution in [-0.4, -0.2) is 209 Å². The summed E-state index contributed by atoms with van der Waals surface area (Å²) in [4.78, 5) is 134. The number of nitrogens with one attached hydrogen (secondary N) is 7. The molecule has 6 aromatic rings. The molecule has 8 amide bonds. The number of allylic oxidation sites excluding steroid dienone is 2. The zero-order valence-corrected chi connectivity index (χ0v) is 70.0. The minimum atomic E-state index is -2.40. The fourth-order valence-electron chi connectivity index (χ4n) is 15.2. The number of halogens is 4. The van der Waals surface area contributed by atoms with E-state index >= 15 is 24.0 Å². The standard InChI is InChI=1S/C84H92Cl4N10O26/c1-7-20-117-83(116)98(6)52(21-35(2)3)76(109)96-66-68(103)40-12-18-55(49(87)24-40)120-57-26-42-27-58(72(57)124-82-73(71(106)70(105)59(32-89)122-82)123-61-31-84(5,74(107)36(4)119-61)91-33-37-8-14-44(15-9-37)118-34-38-10-16-47(85)48(86)22-38)121-56-19-13-41(25-50(56)88)69(104)67-80(113)95-65(81(114)115)46-28-43(99)29-54(101)62(46)45-23-39(11-17-53(45)100)63(77(110)97-67)94-78(111)64(42)93-75(108)51(30-60(90)102)92-79(66)112/h7-12,14-19,22-29,35-36,41,51-52,59,61,63-71,73-74,82,91,99-101,103-107H,1,13,20-21,30-34,89H2,2-6H3,(H2,90,102)(H,92,112)(H,93,108)(H,94,111)(H,95,113)(H,96,109)(H,97,110)(H,114,115)/t36?,41-,51-,52+,59?,61?,63+,64+,65+,66+,67-,68+,69+,70?,71?,73?,74?,82?,84?/m0/s1. The number of hydrogen-bond acceptors (Lipinski definition) is 27. The number of aliphatic carboxylic acids is 1. The Labute approximate surface area is 728 Å². The Balaban J connectivity index is 1.01.